The predicted molar refractivity (Wildman–Crippen MR) is 75.2 cm³/mol. The van der Waals surface area contributed by atoms with Crippen molar-refractivity contribution >= 4 is 6.03 Å². The molecule has 2 rings (SSSR count). The molecule has 1 unspecified atom stereocenters. The van der Waals surface area contributed by atoms with Gasteiger partial charge in [0.1, 0.15) is 17.3 Å². The summed E-state index contributed by atoms with van der Waals surface area (Å²) in [6.07, 6.45) is 1.74. The minimum atomic E-state index is -0.169. The maximum atomic E-state index is 12.1. The monoisotopic (exact) mass is 276 g/mol. The first-order valence-corrected chi connectivity index (χ1v) is 6.54. The lowest BCUT2D eigenvalue weighted by molar-refractivity contribution is 0.199. The fourth-order valence-corrected chi connectivity index (χ4v) is 1.89. The van der Waals surface area contributed by atoms with E-state index in [1.165, 1.54) is 0 Å². The first-order valence-electron chi connectivity index (χ1n) is 6.54. The zero-order valence-corrected chi connectivity index (χ0v) is 12.2. The molecule has 0 spiro atoms. The van der Waals surface area contributed by atoms with E-state index < -0.39 is 0 Å². The molecule has 0 fully saturated rings. The summed E-state index contributed by atoms with van der Waals surface area (Å²) in [6, 6.07) is 3.42. The topological polar surface area (TPSA) is 74.2 Å². The molecule has 2 amide bonds. The molecule has 1 atom stereocenters. The van der Waals surface area contributed by atoms with Gasteiger partial charge in [-0.15, -0.1) is 0 Å². The first-order chi connectivity index (χ1) is 9.45. The van der Waals surface area contributed by atoms with Gasteiger partial charge >= 0.3 is 6.03 Å². The second-order valence-electron chi connectivity index (χ2n) is 4.99. The molecule has 6 heteroatoms. The lowest BCUT2D eigenvalue weighted by atomic mass is 10.3. The standard InChI is InChI=1S/C14H20N4O2/c1-9-7-15-13(16-9)11(3)17-14(19)18(4)8-12-6-5-10(2)20-12/h5-7,11H,8H2,1-4H3,(H,15,16)(H,17,19). The highest BCUT2D eigenvalue weighted by atomic mass is 16.3. The third-order valence-electron chi connectivity index (χ3n) is 3.01. The molecule has 0 aromatic carbocycles. The van der Waals surface area contributed by atoms with Crippen LogP contribution in [0.15, 0.2) is 22.7 Å². The minimum Gasteiger partial charge on any atom is -0.464 e. The number of nitrogens with one attached hydrogen (secondary N) is 2. The summed E-state index contributed by atoms with van der Waals surface area (Å²) in [4.78, 5) is 21.0. The zero-order chi connectivity index (χ0) is 14.7. The summed E-state index contributed by atoms with van der Waals surface area (Å²) >= 11 is 0. The van der Waals surface area contributed by atoms with Crippen LogP contribution in [-0.2, 0) is 6.54 Å². The van der Waals surface area contributed by atoms with Crippen LogP contribution in [0.2, 0.25) is 0 Å². The number of nitrogens with zero attached hydrogens (tertiary/aromatic N) is 2. The highest BCUT2D eigenvalue weighted by Gasteiger charge is 2.16. The summed E-state index contributed by atoms with van der Waals surface area (Å²) < 4.78 is 5.46. The van der Waals surface area contributed by atoms with E-state index in [2.05, 4.69) is 15.3 Å². The molecule has 0 aliphatic heterocycles. The summed E-state index contributed by atoms with van der Waals surface area (Å²) in [5, 5.41) is 2.89. The van der Waals surface area contributed by atoms with E-state index in [-0.39, 0.29) is 12.1 Å². The number of carbonyl (C=O) groups is 1. The van der Waals surface area contributed by atoms with Gasteiger partial charge in [-0.25, -0.2) is 9.78 Å². The van der Waals surface area contributed by atoms with Crippen molar-refractivity contribution in [2.45, 2.75) is 33.4 Å². The highest BCUT2D eigenvalue weighted by molar-refractivity contribution is 5.74. The number of urea groups is 1. The predicted octanol–water partition coefficient (Wildman–Crippen LogP) is 2.52. The van der Waals surface area contributed by atoms with Gasteiger partial charge in [-0.05, 0) is 32.9 Å². The number of aromatic amines is 1. The SMILES string of the molecule is Cc1cnc(C(C)NC(=O)N(C)Cc2ccc(C)o2)[nH]1. The third kappa shape index (κ3) is 3.40. The molecule has 0 radical (unpaired) electrons. The molecule has 20 heavy (non-hydrogen) atoms. The first kappa shape index (κ1) is 14.2. The summed E-state index contributed by atoms with van der Waals surface area (Å²) in [6.45, 7) is 6.13. The smallest absolute Gasteiger partial charge is 0.318 e. The summed E-state index contributed by atoms with van der Waals surface area (Å²) in [5.74, 6) is 2.35. The Morgan fingerprint density at radius 2 is 2.25 bits per heavy atom. The zero-order valence-electron chi connectivity index (χ0n) is 12.2. The van der Waals surface area contributed by atoms with Crippen molar-refractivity contribution in [1.82, 2.24) is 20.2 Å². The average Bonchev–Trinajstić information content (AvgIpc) is 2.98. The molecule has 2 aromatic rings. The molecular weight excluding hydrogens is 256 g/mol. The highest BCUT2D eigenvalue weighted by Crippen LogP contribution is 2.11. The van der Waals surface area contributed by atoms with Crippen LogP contribution in [0.25, 0.3) is 0 Å². The van der Waals surface area contributed by atoms with E-state index in [9.17, 15) is 4.79 Å². The maximum absolute atomic E-state index is 12.1. The number of hydrogen-bond donors (Lipinski definition) is 2. The number of carbonyl (C=O) groups excluding carboxylic acids is 1. The van der Waals surface area contributed by atoms with Gasteiger partial charge in [0.15, 0.2) is 0 Å². The molecule has 0 bridgehead atoms. The Labute approximate surface area is 118 Å². The Kier molecular flexibility index (Phi) is 4.12. The molecular formula is C14H20N4O2. The normalized spacial score (nSPS) is 12.2. The van der Waals surface area contributed by atoms with Gasteiger partial charge in [-0.1, -0.05) is 0 Å². The number of aryl methyl sites for hydroxylation is 2. The van der Waals surface area contributed by atoms with E-state index in [4.69, 9.17) is 4.42 Å². The Morgan fingerprint density at radius 3 is 2.80 bits per heavy atom. The van der Waals surface area contributed by atoms with Crippen LogP contribution in [0, 0.1) is 13.8 Å². The van der Waals surface area contributed by atoms with Gasteiger partial charge in [0.25, 0.3) is 0 Å². The Bertz CT molecular complexity index is 588. The summed E-state index contributed by atoms with van der Waals surface area (Å²) in [5.41, 5.74) is 0.973. The second kappa shape index (κ2) is 5.81. The van der Waals surface area contributed by atoms with Crippen molar-refractivity contribution in [2.75, 3.05) is 7.05 Å². The molecule has 108 valence electrons. The minimum absolute atomic E-state index is 0.166. The number of H-pyrrole nitrogens is 1. The van der Waals surface area contributed by atoms with Gasteiger partial charge in [-0.2, -0.15) is 0 Å². The van der Waals surface area contributed by atoms with E-state index >= 15 is 0 Å². The van der Waals surface area contributed by atoms with Crippen molar-refractivity contribution in [3.8, 4) is 0 Å². The number of amides is 2. The fraction of sp³-hybridized carbons (Fsp3) is 0.429. The fourth-order valence-electron chi connectivity index (χ4n) is 1.89. The molecule has 0 saturated heterocycles. The van der Waals surface area contributed by atoms with Crippen LogP contribution >= 0.6 is 0 Å². The number of rotatable bonds is 4. The van der Waals surface area contributed by atoms with Crippen LogP contribution in [0.3, 0.4) is 0 Å². The quantitative estimate of drug-likeness (QED) is 0.901. The van der Waals surface area contributed by atoms with Crippen LogP contribution in [0.4, 0.5) is 4.79 Å². The molecule has 2 aromatic heterocycles. The van der Waals surface area contributed by atoms with Gasteiger partial charge in [0, 0.05) is 18.9 Å². The number of aromatic nitrogens is 2. The Morgan fingerprint density at radius 1 is 1.50 bits per heavy atom. The number of furan rings is 1. The molecule has 2 N–H and O–H groups in total. The molecule has 2 heterocycles. The van der Waals surface area contributed by atoms with Gasteiger partial charge in [-0.3, -0.25) is 0 Å². The van der Waals surface area contributed by atoms with Crippen molar-refractivity contribution in [1.29, 1.82) is 0 Å². The molecule has 0 aliphatic rings. The molecule has 0 aliphatic carbocycles. The van der Waals surface area contributed by atoms with Crippen LogP contribution in [0.1, 0.15) is 36.0 Å². The molecule has 0 saturated carbocycles. The second-order valence-corrected chi connectivity index (χ2v) is 4.99. The van der Waals surface area contributed by atoms with E-state index in [1.807, 2.05) is 32.9 Å². The maximum Gasteiger partial charge on any atom is 0.318 e. The number of hydrogen-bond acceptors (Lipinski definition) is 3. The third-order valence-corrected chi connectivity index (χ3v) is 3.01. The van der Waals surface area contributed by atoms with Crippen LogP contribution in [-0.4, -0.2) is 27.9 Å². The van der Waals surface area contributed by atoms with Crippen molar-refractivity contribution < 1.29 is 9.21 Å². The van der Waals surface area contributed by atoms with Gasteiger partial charge in [0.05, 0.1) is 12.6 Å². The van der Waals surface area contributed by atoms with Crippen LogP contribution in [0.5, 0.6) is 0 Å². The van der Waals surface area contributed by atoms with E-state index in [0.29, 0.717) is 6.54 Å². The van der Waals surface area contributed by atoms with Gasteiger partial charge < -0.3 is 19.6 Å². The Balaban J connectivity index is 1.90. The lowest BCUT2D eigenvalue weighted by Gasteiger charge is -2.19. The average molecular weight is 276 g/mol. The van der Waals surface area contributed by atoms with Crippen molar-refractivity contribution in [2.24, 2.45) is 0 Å². The van der Waals surface area contributed by atoms with Crippen molar-refractivity contribution in [3.63, 3.8) is 0 Å². The number of imidazole rings is 1. The largest absolute Gasteiger partial charge is 0.464 e. The van der Waals surface area contributed by atoms with Crippen LogP contribution < -0.4 is 5.32 Å². The van der Waals surface area contributed by atoms with Gasteiger partial charge in [0.2, 0.25) is 0 Å². The van der Waals surface area contributed by atoms with E-state index in [0.717, 1.165) is 23.0 Å². The Hall–Kier alpha value is -2.24. The van der Waals surface area contributed by atoms with E-state index in [1.54, 1.807) is 18.1 Å². The lowest BCUT2D eigenvalue weighted by Crippen LogP contribution is -2.38. The molecule has 6 nitrogen and oxygen atoms in total. The van der Waals surface area contributed by atoms with Crippen molar-refractivity contribution in [3.05, 3.63) is 41.4 Å². The summed E-state index contributed by atoms with van der Waals surface area (Å²) in [7, 11) is 1.73.